The molecule has 0 aliphatic heterocycles. The summed E-state index contributed by atoms with van der Waals surface area (Å²) in [6.45, 7) is 2.47. The van der Waals surface area contributed by atoms with Crippen LogP contribution in [0.4, 0.5) is 5.69 Å². The van der Waals surface area contributed by atoms with Crippen LogP contribution in [0.2, 0.25) is 0 Å². The zero-order valence-corrected chi connectivity index (χ0v) is 11.5. The monoisotopic (exact) mass is 282 g/mol. The van der Waals surface area contributed by atoms with Crippen LogP contribution in [0.5, 0.6) is 0 Å². The fourth-order valence-electron chi connectivity index (χ4n) is 2.29. The number of fused-ring (bicyclic) bond motifs is 1. The van der Waals surface area contributed by atoms with Crippen LogP contribution < -0.4 is 10.7 Å². The van der Waals surface area contributed by atoms with Gasteiger partial charge in [0.25, 0.3) is 5.91 Å². The molecule has 0 aliphatic carbocycles. The predicted molar refractivity (Wildman–Crippen MR) is 80.6 cm³/mol. The minimum absolute atomic E-state index is 0.130. The molecule has 106 valence electrons. The fraction of sp³-hybridized carbons (Fsp3) is 0.125. The number of aromatic nitrogens is 1. The van der Waals surface area contributed by atoms with E-state index in [4.69, 9.17) is 4.42 Å². The summed E-state index contributed by atoms with van der Waals surface area (Å²) >= 11 is 0. The number of nitrogens with zero attached hydrogens (tertiary/aromatic N) is 1. The maximum absolute atomic E-state index is 12.6. The number of benzene rings is 2. The van der Waals surface area contributed by atoms with E-state index >= 15 is 0 Å². The molecule has 0 radical (unpaired) electrons. The Balaban J connectivity index is 2.00. The lowest BCUT2D eigenvalue weighted by atomic mass is 10.1. The number of hydrogen-bond donors (Lipinski definition) is 1. The third-order valence-electron chi connectivity index (χ3n) is 3.30. The highest BCUT2D eigenvalue weighted by atomic mass is 16.4. The molecule has 0 bridgehead atoms. The molecule has 0 spiro atoms. The van der Waals surface area contributed by atoms with E-state index in [-0.39, 0.29) is 5.91 Å². The molecule has 0 unspecified atom stereocenters. The molecular weight excluding hydrogens is 268 g/mol. The van der Waals surface area contributed by atoms with E-state index in [1.807, 2.05) is 37.3 Å². The van der Waals surface area contributed by atoms with Gasteiger partial charge in [-0.05, 0) is 37.3 Å². The molecule has 5 heteroatoms. The summed E-state index contributed by atoms with van der Waals surface area (Å²) in [5.41, 5.74) is 2.28. The maximum atomic E-state index is 12.6. The number of carbonyl (C=O) groups excluding carboxylic acids is 1. The number of oxazole rings is 1. The number of aromatic amines is 1. The van der Waals surface area contributed by atoms with Crippen molar-refractivity contribution in [3.05, 3.63) is 64.6 Å². The largest absolute Gasteiger partial charge is 0.417 e. The van der Waals surface area contributed by atoms with Gasteiger partial charge in [-0.25, -0.2) is 4.79 Å². The number of anilines is 1. The van der Waals surface area contributed by atoms with Crippen LogP contribution in [0.1, 0.15) is 17.3 Å². The summed E-state index contributed by atoms with van der Waals surface area (Å²) < 4.78 is 5.00. The summed E-state index contributed by atoms with van der Waals surface area (Å²) in [4.78, 5) is 28.0. The van der Waals surface area contributed by atoms with Crippen molar-refractivity contribution in [3.8, 4) is 0 Å². The maximum Gasteiger partial charge on any atom is 0.417 e. The lowest BCUT2D eigenvalue weighted by molar-refractivity contribution is 0.0988. The van der Waals surface area contributed by atoms with E-state index in [1.165, 1.54) is 0 Å². The molecule has 1 heterocycles. The molecule has 0 fully saturated rings. The molecule has 5 nitrogen and oxygen atoms in total. The first-order chi connectivity index (χ1) is 10.2. The van der Waals surface area contributed by atoms with Crippen molar-refractivity contribution in [2.24, 2.45) is 0 Å². The topological polar surface area (TPSA) is 66.3 Å². The molecule has 0 saturated carbocycles. The summed E-state index contributed by atoms with van der Waals surface area (Å²) in [6.07, 6.45) is 0. The standard InChI is InChI=1S/C16H14N2O3/c1-2-18(12-6-4-3-5-7-12)15(19)11-8-9-13-14(10-11)21-16(20)17-13/h3-10H,2H2,1H3,(H,17,20). The molecule has 21 heavy (non-hydrogen) atoms. The second-order valence-corrected chi connectivity index (χ2v) is 4.61. The van der Waals surface area contributed by atoms with Crippen molar-refractivity contribution in [2.75, 3.05) is 11.4 Å². The number of amides is 1. The highest BCUT2D eigenvalue weighted by Crippen LogP contribution is 2.19. The number of para-hydroxylation sites is 1. The van der Waals surface area contributed by atoms with E-state index in [1.54, 1.807) is 23.1 Å². The summed E-state index contributed by atoms with van der Waals surface area (Å²) in [7, 11) is 0. The first kappa shape index (κ1) is 13.2. The van der Waals surface area contributed by atoms with Gasteiger partial charge < -0.3 is 9.32 Å². The average Bonchev–Trinajstić information content (AvgIpc) is 2.88. The third kappa shape index (κ3) is 2.45. The van der Waals surface area contributed by atoms with Gasteiger partial charge >= 0.3 is 5.76 Å². The quantitative estimate of drug-likeness (QED) is 0.803. The highest BCUT2D eigenvalue weighted by Gasteiger charge is 2.17. The van der Waals surface area contributed by atoms with E-state index in [0.717, 1.165) is 5.69 Å². The van der Waals surface area contributed by atoms with Crippen molar-refractivity contribution in [3.63, 3.8) is 0 Å². The molecule has 2 aromatic carbocycles. The summed E-state index contributed by atoms with van der Waals surface area (Å²) in [6, 6.07) is 14.4. The van der Waals surface area contributed by atoms with Gasteiger partial charge in [-0.1, -0.05) is 18.2 Å². The Labute approximate surface area is 120 Å². The van der Waals surface area contributed by atoms with Crippen LogP contribution in [0.25, 0.3) is 11.1 Å². The molecule has 3 rings (SSSR count). The lowest BCUT2D eigenvalue weighted by Gasteiger charge is -2.21. The van der Waals surface area contributed by atoms with Crippen molar-refractivity contribution in [1.29, 1.82) is 0 Å². The van der Waals surface area contributed by atoms with Crippen LogP contribution in [0.15, 0.2) is 57.7 Å². The minimum atomic E-state index is -0.523. The first-order valence-corrected chi connectivity index (χ1v) is 6.69. The first-order valence-electron chi connectivity index (χ1n) is 6.69. The van der Waals surface area contributed by atoms with Gasteiger partial charge in [0, 0.05) is 17.8 Å². The van der Waals surface area contributed by atoms with Crippen molar-refractivity contribution in [2.45, 2.75) is 6.92 Å². The second-order valence-electron chi connectivity index (χ2n) is 4.61. The number of H-pyrrole nitrogens is 1. The van der Waals surface area contributed by atoms with Crippen molar-refractivity contribution < 1.29 is 9.21 Å². The molecule has 0 aliphatic rings. The molecule has 0 saturated heterocycles. The van der Waals surface area contributed by atoms with E-state index in [9.17, 15) is 9.59 Å². The molecule has 3 aromatic rings. The average molecular weight is 282 g/mol. The predicted octanol–water partition coefficient (Wildman–Crippen LogP) is 2.79. The van der Waals surface area contributed by atoms with E-state index in [0.29, 0.717) is 23.2 Å². The zero-order chi connectivity index (χ0) is 14.8. The number of hydrogen-bond acceptors (Lipinski definition) is 3. The van der Waals surface area contributed by atoms with Gasteiger partial charge in [0.2, 0.25) is 0 Å². The fourth-order valence-corrected chi connectivity index (χ4v) is 2.29. The Morgan fingerprint density at radius 1 is 1.19 bits per heavy atom. The molecule has 0 atom stereocenters. The number of nitrogens with one attached hydrogen (secondary N) is 1. The van der Waals surface area contributed by atoms with Gasteiger partial charge in [0.15, 0.2) is 5.58 Å². The normalized spacial score (nSPS) is 10.7. The number of rotatable bonds is 3. The van der Waals surface area contributed by atoms with Crippen LogP contribution in [-0.4, -0.2) is 17.4 Å². The second kappa shape index (κ2) is 5.28. The van der Waals surface area contributed by atoms with Gasteiger partial charge in [-0.15, -0.1) is 0 Å². The third-order valence-corrected chi connectivity index (χ3v) is 3.30. The summed E-state index contributed by atoms with van der Waals surface area (Å²) in [5, 5.41) is 0. The SMILES string of the molecule is CCN(C(=O)c1ccc2[nH]c(=O)oc2c1)c1ccccc1. The van der Waals surface area contributed by atoms with Crippen molar-refractivity contribution in [1.82, 2.24) is 4.98 Å². The van der Waals surface area contributed by atoms with Gasteiger partial charge in [-0.2, -0.15) is 0 Å². The Bertz CT molecular complexity index is 833. The van der Waals surface area contributed by atoms with Gasteiger partial charge in [-0.3, -0.25) is 9.78 Å². The molecule has 1 amide bonds. The van der Waals surface area contributed by atoms with Crippen LogP contribution in [0.3, 0.4) is 0 Å². The van der Waals surface area contributed by atoms with Crippen LogP contribution in [0, 0.1) is 0 Å². The van der Waals surface area contributed by atoms with Gasteiger partial charge in [0.05, 0.1) is 5.52 Å². The molecular formula is C16H14N2O3. The Kier molecular flexibility index (Phi) is 3.31. The molecule has 1 aromatic heterocycles. The molecule has 1 N–H and O–H groups in total. The lowest BCUT2D eigenvalue weighted by Crippen LogP contribution is -2.30. The van der Waals surface area contributed by atoms with E-state index in [2.05, 4.69) is 4.98 Å². The van der Waals surface area contributed by atoms with E-state index < -0.39 is 5.76 Å². The Morgan fingerprint density at radius 3 is 2.67 bits per heavy atom. The van der Waals surface area contributed by atoms with Crippen molar-refractivity contribution >= 4 is 22.7 Å². The van der Waals surface area contributed by atoms with Crippen LogP contribution in [-0.2, 0) is 0 Å². The number of carbonyl (C=O) groups is 1. The zero-order valence-electron chi connectivity index (χ0n) is 11.5. The highest BCUT2D eigenvalue weighted by molar-refractivity contribution is 6.07. The Hall–Kier alpha value is -2.82. The van der Waals surface area contributed by atoms with Crippen LogP contribution >= 0.6 is 0 Å². The van der Waals surface area contributed by atoms with Gasteiger partial charge in [0.1, 0.15) is 0 Å². The smallest absolute Gasteiger partial charge is 0.408 e. The summed E-state index contributed by atoms with van der Waals surface area (Å²) in [5.74, 6) is -0.653. The minimum Gasteiger partial charge on any atom is -0.408 e. The Morgan fingerprint density at radius 2 is 1.95 bits per heavy atom.